The third-order valence-corrected chi connectivity index (χ3v) is 5.58. The standard InChI is InChI=1S/C29H34O5/c1-4-25(30)19-33-27-14-10-23(11-15-27)29(21(2)22-8-6-5-7-9-22)24-12-16-28(17-13-24)34-20-26(31)18-32-3/h5-17,25-26,30-31H,4,18-20H2,1-3H3/b29-21+. The van der Waals surface area contributed by atoms with E-state index in [1.54, 1.807) is 7.11 Å². The van der Waals surface area contributed by atoms with Gasteiger partial charge in [-0.25, -0.2) is 0 Å². The van der Waals surface area contributed by atoms with Gasteiger partial charge in [0.15, 0.2) is 0 Å². The zero-order chi connectivity index (χ0) is 24.3. The highest BCUT2D eigenvalue weighted by atomic mass is 16.5. The van der Waals surface area contributed by atoms with Crippen molar-refractivity contribution in [1.82, 2.24) is 0 Å². The topological polar surface area (TPSA) is 68.2 Å². The number of hydrogen-bond acceptors (Lipinski definition) is 5. The first-order valence-corrected chi connectivity index (χ1v) is 11.6. The summed E-state index contributed by atoms with van der Waals surface area (Å²) in [6, 6.07) is 26.1. The first-order valence-electron chi connectivity index (χ1n) is 11.6. The van der Waals surface area contributed by atoms with Crippen molar-refractivity contribution in [2.75, 3.05) is 26.9 Å². The summed E-state index contributed by atoms with van der Waals surface area (Å²) in [6.07, 6.45) is -0.474. The van der Waals surface area contributed by atoms with Crippen LogP contribution in [0.4, 0.5) is 0 Å². The van der Waals surface area contributed by atoms with Crippen molar-refractivity contribution in [3.63, 3.8) is 0 Å². The third-order valence-electron chi connectivity index (χ3n) is 5.58. The van der Waals surface area contributed by atoms with Crippen molar-refractivity contribution >= 4 is 11.1 Å². The van der Waals surface area contributed by atoms with E-state index in [0.717, 1.165) is 33.6 Å². The van der Waals surface area contributed by atoms with E-state index in [1.165, 1.54) is 0 Å². The Morgan fingerprint density at radius 3 is 1.65 bits per heavy atom. The Hall–Kier alpha value is -3.12. The molecule has 0 aliphatic rings. The second-order valence-electron chi connectivity index (χ2n) is 8.21. The fraction of sp³-hybridized carbons (Fsp3) is 0.310. The Morgan fingerprint density at radius 2 is 1.18 bits per heavy atom. The van der Waals surface area contributed by atoms with Crippen molar-refractivity contribution < 1.29 is 24.4 Å². The van der Waals surface area contributed by atoms with Gasteiger partial charge in [0.2, 0.25) is 0 Å². The van der Waals surface area contributed by atoms with E-state index in [0.29, 0.717) is 12.2 Å². The average Bonchev–Trinajstić information content (AvgIpc) is 2.88. The molecule has 0 amide bonds. The molecule has 0 heterocycles. The second-order valence-corrected chi connectivity index (χ2v) is 8.21. The van der Waals surface area contributed by atoms with Crippen LogP contribution in [-0.2, 0) is 4.74 Å². The lowest BCUT2D eigenvalue weighted by atomic mass is 9.90. The van der Waals surface area contributed by atoms with Crippen molar-refractivity contribution in [2.45, 2.75) is 32.5 Å². The van der Waals surface area contributed by atoms with Gasteiger partial charge in [-0.3, -0.25) is 0 Å². The molecule has 0 spiro atoms. The lowest BCUT2D eigenvalue weighted by Crippen LogP contribution is -2.22. The molecule has 0 saturated heterocycles. The van der Waals surface area contributed by atoms with Crippen molar-refractivity contribution in [1.29, 1.82) is 0 Å². The van der Waals surface area contributed by atoms with Gasteiger partial charge in [-0.05, 0) is 65.4 Å². The molecule has 0 aliphatic carbocycles. The molecule has 2 unspecified atom stereocenters. The minimum atomic E-state index is -0.667. The smallest absolute Gasteiger partial charge is 0.119 e. The highest BCUT2D eigenvalue weighted by Gasteiger charge is 2.12. The van der Waals surface area contributed by atoms with Crippen molar-refractivity contribution in [3.05, 3.63) is 95.6 Å². The number of ether oxygens (including phenoxy) is 3. The molecule has 0 aliphatic heterocycles. The maximum absolute atomic E-state index is 9.82. The summed E-state index contributed by atoms with van der Waals surface area (Å²) in [6.45, 7) is 4.74. The minimum absolute atomic E-state index is 0.174. The van der Waals surface area contributed by atoms with Gasteiger partial charge in [-0.15, -0.1) is 0 Å². The molecule has 2 atom stereocenters. The fourth-order valence-electron chi connectivity index (χ4n) is 3.61. The molecule has 5 heteroatoms. The van der Waals surface area contributed by atoms with E-state index in [1.807, 2.05) is 73.7 Å². The Bertz CT molecular complexity index is 1030. The molecular weight excluding hydrogens is 428 g/mol. The lowest BCUT2D eigenvalue weighted by Gasteiger charge is -2.16. The Kier molecular flexibility index (Phi) is 9.71. The predicted molar refractivity (Wildman–Crippen MR) is 136 cm³/mol. The summed E-state index contributed by atoms with van der Waals surface area (Å²) >= 11 is 0. The summed E-state index contributed by atoms with van der Waals surface area (Å²) in [7, 11) is 1.55. The third kappa shape index (κ3) is 7.19. The van der Waals surface area contributed by atoms with Crippen LogP contribution in [-0.4, -0.2) is 49.4 Å². The SMILES string of the molecule is CCC(O)COc1ccc(/C(=C(/C)c2ccccc2)c2ccc(OCC(O)COC)cc2)cc1. The maximum atomic E-state index is 9.82. The molecule has 34 heavy (non-hydrogen) atoms. The predicted octanol–water partition coefficient (Wildman–Crippen LogP) is 5.20. The largest absolute Gasteiger partial charge is 0.491 e. The number of aliphatic hydroxyl groups excluding tert-OH is 2. The summed E-state index contributed by atoms with van der Waals surface area (Å²) in [5, 5.41) is 19.6. The first-order chi connectivity index (χ1) is 16.5. The van der Waals surface area contributed by atoms with Crippen LogP contribution in [0.1, 0.15) is 37.0 Å². The quantitative estimate of drug-likeness (QED) is 0.362. The number of rotatable bonds is 12. The van der Waals surface area contributed by atoms with Crippen LogP contribution in [0.3, 0.4) is 0 Å². The molecule has 3 rings (SSSR count). The van der Waals surface area contributed by atoms with Crippen LogP contribution in [0.25, 0.3) is 11.1 Å². The molecule has 0 bridgehead atoms. The molecule has 0 saturated carbocycles. The molecular formula is C29H34O5. The Morgan fingerprint density at radius 1 is 0.676 bits per heavy atom. The van der Waals surface area contributed by atoms with Gasteiger partial charge in [-0.2, -0.15) is 0 Å². The van der Waals surface area contributed by atoms with Gasteiger partial charge in [0.05, 0.1) is 12.7 Å². The summed E-state index contributed by atoms with van der Waals surface area (Å²) in [4.78, 5) is 0. The van der Waals surface area contributed by atoms with Crippen molar-refractivity contribution in [2.24, 2.45) is 0 Å². The molecule has 0 radical (unpaired) electrons. The van der Waals surface area contributed by atoms with Crippen LogP contribution in [0.5, 0.6) is 11.5 Å². The van der Waals surface area contributed by atoms with E-state index in [4.69, 9.17) is 14.2 Å². The normalized spacial score (nSPS) is 13.7. The van der Waals surface area contributed by atoms with Gasteiger partial charge < -0.3 is 24.4 Å². The van der Waals surface area contributed by atoms with E-state index in [-0.39, 0.29) is 19.8 Å². The average molecular weight is 463 g/mol. The van der Waals surface area contributed by atoms with Crippen LogP contribution < -0.4 is 9.47 Å². The van der Waals surface area contributed by atoms with E-state index in [9.17, 15) is 10.2 Å². The van der Waals surface area contributed by atoms with E-state index >= 15 is 0 Å². The number of aliphatic hydroxyl groups is 2. The van der Waals surface area contributed by atoms with Gasteiger partial charge in [0.25, 0.3) is 0 Å². The highest BCUT2D eigenvalue weighted by molar-refractivity contribution is 5.97. The van der Waals surface area contributed by atoms with Gasteiger partial charge in [0, 0.05) is 7.11 Å². The lowest BCUT2D eigenvalue weighted by molar-refractivity contribution is 0.0325. The Balaban J connectivity index is 1.88. The summed E-state index contributed by atoms with van der Waals surface area (Å²) in [5.74, 6) is 1.42. The van der Waals surface area contributed by atoms with Gasteiger partial charge in [0.1, 0.15) is 30.8 Å². The number of hydrogen-bond donors (Lipinski definition) is 2. The number of allylic oxidation sites excluding steroid dienone is 1. The molecule has 2 N–H and O–H groups in total. The number of benzene rings is 3. The molecule has 3 aromatic rings. The van der Waals surface area contributed by atoms with Crippen molar-refractivity contribution in [3.8, 4) is 11.5 Å². The first kappa shape index (κ1) is 25.5. The summed E-state index contributed by atoms with van der Waals surface area (Å²) < 4.78 is 16.3. The highest BCUT2D eigenvalue weighted by Crippen LogP contribution is 2.33. The van der Waals surface area contributed by atoms with Crippen LogP contribution in [0, 0.1) is 0 Å². The molecule has 0 fully saturated rings. The van der Waals surface area contributed by atoms with Crippen LogP contribution >= 0.6 is 0 Å². The Labute approximate surface area is 202 Å². The zero-order valence-corrected chi connectivity index (χ0v) is 20.1. The van der Waals surface area contributed by atoms with Gasteiger partial charge in [-0.1, -0.05) is 61.5 Å². The number of methoxy groups -OCH3 is 1. The molecule has 180 valence electrons. The monoisotopic (exact) mass is 462 g/mol. The zero-order valence-electron chi connectivity index (χ0n) is 20.1. The molecule has 0 aromatic heterocycles. The minimum Gasteiger partial charge on any atom is -0.491 e. The van der Waals surface area contributed by atoms with Crippen LogP contribution in [0.15, 0.2) is 78.9 Å². The van der Waals surface area contributed by atoms with Gasteiger partial charge >= 0.3 is 0 Å². The molecule has 3 aromatic carbocycles. The van der Waals surface area contributed by atoms with Crippen LogP contribution in [0.2, 0.25) is 0 Å². The second kappa shape index (κ2) is 12.9. The molecule has 5 nitrogen and oxygen atoms in total. The summed E-state index contributed by atoms with van der Waals surface area (Å²) in [5.41, 5.74) is 5.53. The fourth-order valence-corrected chi connectivity index (χ4v) is 3.61. The van der Waals surface area contributed by atoms with E-state index in [2.05, 4.69) is 19.1 Å². The maximum Gasteiger partial charge on any atom is 0.119 e. The van der Waals surface area contributed by atoms with E-state index < -0.39 is 12.2 Å².